The topological polar surface area (TPSA) is 23.6 Å². The molecule has 1 aromatic rings. The van der Waals surface area contributed by atoms with Crippen molar-refractivity contribution in [3.8, 4) is 0 Å². The van der Waals surface area contributed by atoms with E-state index in [0.717, 1.165) is 37.2 Å². The zero-order chi connectivity index (χ0) is 14.4. The minimum absolute atomic E-state index is 0.239. The van der Waals surface area contributed by atoms with Crippen LogP contribution in [-0.4, -0.2) is 25.5 Å². The highest BCUT2D eigenvalue weighted by molar-refractivity contribution is 6.01. The zero-order valence-electron chi connectivity index (χ0n) is 12.6. The second-order valence-corrected chi connectivity index (χ2v) is 6.45. The van der Waals surface area contributed by atoms with Crippen molar-refractivity contribution >= 4 is 17.3 Å². The first-order chi connectivity index (χ1) is 10.3. The molecule has 0 spiro atoms. The molecule has 1 aliphatic carbocycles. The lowest BCUT2D eigenvalue weighted by atomic mass is 9.88. The minimum atomic E-state index is 0.239. The van der Waals surface area contributed by atoms with Crippen LogP contribution in [0.2, 0.25) is 0 Å². The van der Waals surface area contributed by atoms with Crippen molar-refractivity contribution in [3.05, 3.63) is 35.9 Å². The van der Waals surface area contributed by atoms with Gasteiger partial charge in [-0.3, -0.25) is 4.79 Å². The second-order valence-electron chi connectivity index (χ2n) is 6.45. The Balaban J connectivity index is 1.57. The number of anilines is 2. The van der Waals surface area contributed by atoms with Crippen molar-refractivity contribution in [2.75, 3.05) is 29.4 Å². The molecule has 3 nitrogen and oxygen atoms in total. The summed E-state index contributed by atoms with van der Waals surface area (Å²) in [6.45, 7) is 5.10. The smallest absolute Gasteiger partial charge is 0.231 e. The number of amides is 1. The van der Waals surface area contributed by atoms with Gasteiger partial charge in [0.05, 0.1) is 6.42 Å². The van der Waals surface area contributed by atoms with Crippen LogP contribution in [0.5, 0.6) is 0 Å². The first-order valence-corrected chi connectivity index (χ1v) is 8.11. The lowest BCUT2D eigenvalue weighted by Crippen LogP contribution is -2.38. The molecular formula is C18H22N2O. The molecule has 1 fully saturated rings. The summed E-state index contributed by atoms with van der Waals surface area (Å²) in [4.78, 5) is 16.4. The van der Waals surface area contributed by atoms with Crippen molar-refractivity contribution in [2.24, 2.45) is 11.8 Å². The Morgan fingerprint density at radius 3 is 3.10 bits per heavy atom. The van der Waals surface area contributed by atoms with Crippen LogP contribution in [0.3, 0.4) is 0 Å². The van der Waals surface area contributed by atoms with E-state index >= 15 is 0 Å². The molecule has 0 radical (unpaired) electrons. The van der Waals surface area contributed by atoms with E-state index in [1.165, 1.54) is 24.1 Å². The lowest BCUT2D eigenvalue weighted by molar-refractivity contribution is -0.117. The van der Waals surface area contributed by atoms with Crippen molar-refractivity contribution in [3.63, 3.8) is 0 Å². The van der Waals surface area contributed by atoms with Gasteiger partial charge in [0.2, 0.25) is 5.91 Å². The summed E-state index contributed by atoms with van der Waals surface area (Å²) in [5.74, 6) is 1.83. The van der Waals surface area contributed by atoms with Gasteiger partial charge in [0, 0.05) is 31.0 Å². The molecule has 1 saturated heterocycles. The molecular weight excluding hydrogens is 260 g/mol. The number of carbonyl (C=O) groups is 1. The summed E-state index contributed by atoms with van der Waals surface area (Å²) in [5.41, 5.74) is 3.61. The fraction of sp³-hybridized carbons (Fsp3) is 0.500. The Morgan fingerprint density at radius 2 is 2.24 bits per heavy atom. The summed E-state index contributed by atoms with van der Waals surface area (Å²) >= 11 is 0. The normalized spacial score (nSPS) is 27.2. The van der Waals surface area contributed by atoms with Gasteiger partial charge >= 0.3 is 0 Å². The quantitative estimate of drug-likeness (QED) is 0.779. The molecule has 4 rings (SSSR count). The number of nitrogens with zero attached hydrogens (tertiary/aromatic N) is 2. The molecule has 3 aliphatic rings. The predicted molar refractivity (Wildman–Crippen MR) is 85.7 cm³/mol. The molecule has 0 unspecified atom stereocenters. The molecule has 3 heteroatoms. The Labute approximate surface area is 126 Å². The molecule has 1 aromatic carbocycles. The summed E-state index contributed by atoms with van der Waals surface area (Å²) in [5, 5.41) is 0. The third-order valence-electron chi connectivity index (χ3n) is 5.29. The molecule has 0 aromatic heterocycles. The second kappa shape index (κ2) is 4.90. The summed E-state index contributed by atoms with van der Waals surface area (Å²) in [6.07, 6.45) is 7.81. The summed E-state index contributed by atoms with van der Waals surface area (Å²) < 4.78 is 0. The van der Waals surface area contributed by atoms with Gasteiger partial charge < -0.3 is 9.80 Å². The van der Waals surface area contributed by atoms with Crippen molar-refractivity contribution in [1.29, 1.82) is 0 Å². The van der Waals surface area contributed by atoms with E-state index < -0.39 is 0 Å². The monoisotopic (exact) mass is 282 g/mol. The number of carbonyl (C=O) groups excluding carboxylic acids is 1. The molecule has 0 bridgehead atoms. The van der Waals surface area contributed by atoms with E-state index in [4.69, 9.17) is 0 Å². The standard InChI is InChI=1S/C18H22N2O/c1-2-20-17-7-6-16(10-15(17)11-18(20)21)19-9-8-13-4-3-5-14(13)12-19/h3-4,6-7,10,13-14H,2,5,8-9,11-12H2,1H3/t13-,14+/m1/s1. The molecule has 0 N–H and O–H groups in total. The van der Waals surface area contributed by atoms with Crippen molar-refractivity contribution in [1.82, 2.24) is 0 Å². The van der Waals surface area contributed by atoms with E-state index in [-0.39, 0.29) is 5.91 Å². The van der Waals surface area contributed by atoms with E-state index in [9.17, 15) is 4.79 Å². The average Bonchev–Trinajstić information content (AvgIpc) is 3.08. The maximum absolute atomic E-state index is 12.0. The maximum atomic E-state index is 12.0. The third kappa shape index (κ3) is 2.06. The third-order valence-corrected chi connectivity index (χ3v) is 5.29. The molecule has 0 saturated carbocycles. The number of fused-ring (bicyclic) bond motifs is 2. The molecule has 1 amide bonds. The van der Waals surface area contributed by atoms with Crippen LogP contribution in [-0.2, 0) is 11.2 Å². The van der Waals surface area contributed by atoms with Gasteiger partial charge in [0.1, 0.15) is 0 Å². The number of rotatable bonds is 2. The Hall–Kier alpha value is -1.77. The summed E-state index contributed by atoms with van der Waals surface area (Å²) in [7, 11) is 0. The largest absolute Gasteiger partial charge is 0.371 e. The maximum Gasteiger partial charge on any atom is 0.231 e. The van der Waals surface area contributed by atoms with E-state index in [1.807, 2.05) is 11.8 Å². The SMILES string of the molecule is CCN1C(=O)Cc2cc(N3CC[C@H]4C=CC[C@H]4C3)ccc21. The Morgan fingerprint density at radius 1 is 1.33 bits per heavy atom. The Kier molecular flexibility index (Phi) is 3.02. The molecule has 2 atom stereocenters. The van der Waals surface area contributed by atoms with Crippen LogP contribution in [0.4, 0.5) is 11.4 Å². The van der Waals surface area contributed by atoms with Crippen LogP contribution in [0.1, 0.15) is 25.3 Å². The van der Waals surface area contributed by atoms with Crippen LogP contribution < -0.4 is 9.80 Å². The van der Waals surface area contributed by atoms with Crippen molar-refractivity contribution < 1.29 is 4.79 Å². The van der Waals surface area contributed by atoms with Gasteiger partial charge in [-0.15, -0.1) is 0 Å². The van der Waals surface area contributed by atoms with E-state index in [2.05, 4.69) is 35.3 Å². The van der Waals surface area contributed by atoms with Crippen molar-refractivity contribution in [2.45, 2.75) is 26.2 Å². The molecule has 2 aliphatic heterocycles. The van der Waals surface area contributed by atoms with Gasteiger partial charge in [0.25, 0.3) is 0 Å². The highest BCUT2D eigenvalue weighted by Crippen LogP contribution is 2.37. The number of likely N-dealkylation sites (N-methyl/N-ethyl adjacent to an activating group) is 1. The van der Waals surface area contributed by atoms with Gasteiger partial charge in [-0.05, 0) is 55.4 Å². The van der Waals surface area contributed by atoms with E-state index in [0.29, 0.717) is 6.42 Å². The first-order valence-electron chi connectivity index (χ1n) is 8.11. The fourth-order valence-electron chi connectivity index (χ4n) is 4.13. The van der Waals surface area contributed by atoms with Crippen LogP contribution in [0, 0.1) is 11.8 Å². The fourth-order valence-corrected chi connectivity index (χ4v) is 4.13. The molecule has 21 heavy (non-hydrogen) atoms. The first kappa shape index (κ1) is 12.9. The summed E-state index contributed by atoms with van der Waals surface area (Å²) in [6, 6.07) is 6.58. The van der Waals surface area contributed by atoms with E-state index in [1.54, 1.807) is 0 Å². The van der Waals surface area contributed by atoms with Gasteiger partial charge in [-0.2, -0.15) is 0 Å². The number of hydrogen-bond donors (Lipinski definition) is 0. The average molecular weight is 282 g/mol. The Bertz CT molecular complexity index is 607. The highest BCUT2D eigenvalue weighted by Gasteiger charge is 2.31. The van der Waals surface area contributed by atoms with Gasteiger partial charge in [-0.1, -0.05) is 12.2 Å². The van der Waals surface area contributed by atoms with Gasteiger partial charge in [0.15, 0.2) is 0 Å². The van der Waals surface area contributed by atoms with Crippen LogP contribution >= 0.6 is 0 Å². The highest BCUT2D eigenvalue weighted by atomic mass is 16.2. The minimum Gasteiger partial charge on any atom is -0.371 e. The van der Waals surface area contributed by atoms with Crippen LogP contribution in [0.15, 0.2) is 30.4 Å². The van der Waals surface area contributed by atoms with Crippen LogP contribution in [0.25, 0.3) is 0 Å². The molecule has 2 heterocycles. The number of hydrogen-bond acceptors (Lipinski definition) is 2. The lowest BCUT2D eigenvalue weighted by Gasteiger charge is -2.36. The zero-order valence-corrected chi connectivity index (χ0v) is 12.6. The number of benzene rings is 1. The number of allylic oxidation sites excluding steroid dienone is 2. The van der Waals surface area contributed by atoms with Gasteiger partial charge in [-0.25, -0.2) is 0 Å². The number of piperidine rings is 1. The predicted octanol–water partition coefficient (Wildman–Crippen LogP) is 3.00. The molecule has 110 valence electrons.